The summed E-state index contributed by atoms with van der Waals surface area (Å²) >= 11 is 0. The first-order valence-electron chi connectivity index (χ1n) is 7.62. The average molecular weight is 273 g/mol. The molecule has 3 rings (SSSR count). The zero-order valence-corrected chi connectivity index (χ0v) is 12.3. The summed E-state index contributed by atoms with van der Waals surface area (Å²) in [6.45, 7) is 7.37. The van der Waals surface area contributed by atoms with E-state index in [1.807, 2.05) is 6.92 Å². The van der Waals surface area contributed by atoms with Crippen LogP contribution in [0.4, 0.5) is 11.4 Å². The summed E-state index contributed by atoms with van der Waals surface area (Å²) in [5.41, 5.74) is 3.27. The maximum absolute atomic E-state index is 12.0. The molecule has 1 aromatic rings. The Morgan fingerprint density at radius 1 is 1.35 bits per heavy atom. The summed E-state index contributed by atoms with van der Waals surface area (Å²) in [5.74, 6) is 0.893. The van der Waals surface area contributed by atoms with E-state index in [1.54, 1.807) is 0 Å². The number of benzene rings is 1. The van der Waals surface area contributed by atoms with Crippen LogP contribution < -0.4 is 15.5 Å². The first-order valence-corrected chi connectivity index (χ1v) is 7.62. The highest BCUT2D eigenvalue weighted by molar-refractivity contribution is 6.03. The molecule has 0 bridgehead atoms. The van der Waals surface area contributed by atoms with Crippen LogP contribution in [0.3, 0.4) is 0 Å². The second-order valence-corrected chi connectivity index (χ2v) is 5.92. The first-order chi connectivity index (χ1) is 9.69. The Labute approximate surface area is 120 Å². The van der Waals surface area contributed by atoms with Crippen molar-refractivity contribution >= 4 is 17.3 Å². The van der Waals surface area contributed by atoms with Gasteiger partial charge in [0.05, 0.1) is 0 Å². The Morgan fingerprint density at radius 2 is 2.10 bits per heavy atom. The third-order valence-electron chi connectivity index (χ3n) is 4.42. The molecule has 2 aliphatic rings. The van der Waals surface area contributed by atoms with Crippen molar-refractivity contribution in [2.24, 2.45) is 5.92 Å². The normalized spacial score (nSPS) is 22.8. The van der Waals surface area contributed by atoms with Crippen LogP contribution in [0, 0.1) is 5.92 Å². The van der Waals surface area contributed by atoms with Gasteiger partial charge in [0.2, 0.25) is 5.91 Å². The van der Waals surface area contributed by atoms with Crippen molar-refractivity contribution in [3.05, 3.63) is 23.8 Å². The molecule has 0 spiro atoms. The van der Waals surface area contributed by atoms with Crippen molar-refractivity contribution < 1.29 is 4.79 Å². The van der Waals surface area contributed by atoms with E-state index in [-0.39, 0.29) is 11.9 Å². The van der Waals surface area contributed by atoms with Crippen LogP contribution in [0.2, 0.25) is 0 Å². The zero-order chi connectivity index (χ0) is 14.1. The van der Waals surface area contributed by atoms with E-state index in [9.17, 15) is 4.79 Å². The fourth-order valence-corrected chi connectivity index (χ4v) is 3.12. The number of nitrogens with one attached hydrogen (secondary N) is 2. The largest absolute Gasteiger partial charge is 0.371 e. The average Bonchev–Trinajstić information content (AvgIpc) is 2.76. The molecule has 108 valence electrons. The number of anilines is 2. The van der Waals surface area contributed by atoms with Crippen molar-refractivity contribution in [2.75, 3.05) is 29.9 Å². The Kier molecular flexibility index (Phi) is 3.66. The minimum Gasteiger partial charge on any atom is -0.371 e. The van der Waals surface area contributed by atoms with Crippen LogP contribution in [0.5, 0.6) is 0 Å². The van der Waals surface area contributed by atoms with Gasteiger partial charge in [-0.25, -0.2) is 0 Å². The van der Waals surface area contributed by atoms with E-state index in [1.165, 1.54) is 18.5 Å². The van der Waals surface area contributed by atoms with Gasteiger partial charge in [-0.05, 0) is 37.4 Å². The second kappa shape index (κ2) is 5.44. The van der Waals surface area contributed by atoms with Gasteiger partial charge >= 0.3 is 0 Å². The lowest BCUT2D eigenvalue weighted by atomic mass is 9.98. The molecule has 1 fully saturated rings. The highest BCUT2D eigenvalue weighted by atomic mass is 16.2. The minimum absolute atomic E-state index is 0.0614. The molecule has 2 N–H and O–H groups in total. The highest BCUT2D eigenvalue weighted by Crippen LogP contribution is 2.35. The summed E-state index contributed by atoms with van der Waals surface area (Å²) in [6.07, 6.45) is 2.51. The van der Waals surface area contributed by atoms with Gasteiger partial charge < -0.3 is 15.5 Å². The summed E-state index contributed by atoms with van der Waals surface area (Å²) in [5, 5.41) is 6.22. The molecule has 2 aliphatic heterocycles. The molecule has 0 radical (unpaired) electrons. The Balaban J connectivity index is 1.81. The van der Waals surface area contributed by atoms with E-state index in [4.69, 9.17) is 0 Å². The number of piperidine rings is 1. The molecule has 20 heavy (non-hydrogen) atoms. The molecule has 0 aromatic heterocycles. The molecular weight excluding hydrogens is 250 g/mol. The molecule has 4 nitrogen and oxygen atoms in total. The van der Waals surface area contributed by atoms with Gasteiger partial charge in [-0.2, -0.15) is 0 Å². The van der Waals surface area contributed by atoms with Gasteiger partial charge in [0.15, 0.2) is 0 Å². The van der Waals surface area contributed by atoms with Gasteiger partial charge in [0.1, 0.15) is 6.04 Å². The number of hydrogen-bond acceptors (Lipinski definition) is 3. The molecule has 0 aliphatic carbocycles. The van der Waals surface area contributed by atoms with Crippen molar-refractivity contribution in [3.8, 4) is 0 Å². The van der Waals surface area contributed by atoms with Crippen molar-refractivity contribution in [3.63, 3.8) is 0 Å². The van der Waals surface area contributed by atoms with Crippen molar-refractivity contribution in [2.45, 2.75) is 32.7 Å². The molecule has 4 heteroatoms. The molecule has 1 saturated heterocycles. The van der Waals surface area contributed by atoms with Gasteiger partial charge in [-0.15, -0.1) is 0 Å². The van der Waals surface area contributed by atoms with E-state index >= 15 is 0 Å². The second-order valence-electron chi connectivity index (χ2n) is 5.92. The lowest BCUT2D eigenvalue weighted by Gasteiger charge is -2.32. The third-order valence-corrected chi connectivity index (χ3v) is 4.42. The van der Waals surface area contributed by atoms with Crippen molar-refractivity contribution in [1.29, 1.82) is 0 Å². The Morgan fingerprint density at radius 3 is 2.80 bits per heavy atom. The van der Waals surface area contributed by atoms with Gasteiger partial charge in [-0.3, -0.25) is 4.79 Å². The lowest BCUT2D eigenvalue weighted by molar-refractivity contribution is -0.117. The Bertz CT molecular complexity index is 506. The van der Waals surface area contributed by atoms with Crippen LogP contribution in [-0.4, -0.2) is 25.5 Å². The number of rotatable bonds is 3. The number of carbonyl (C=O) groups is 1. The minimum atomic E-state index is -0.189. The number of fused-ring (bicyclic) bond motifs is 1. The third kappa shape index (κ3) is 2.40. The summed E-state index contributed by atoms with van der Waals surface area (Å²) in [4.78, 5) is 14.4. The number of nitrogens with zero attached hydrogens (tertiary/aromatic N) is 1. The SMILES string of the molecule is CCNC1C(=O)Nc2cc(N3CCC(C)CC3)ccc21. The van der Waals surface area contributed by atoms with Gasteiger partial charge in [0.25, 0.3) is 0 Å². The quantitative estimate of drug-likeness (QED) is 0.889. The van der Waals surface area contributed by atoms with Crippen LogP contribution in [-0.2, 0) is 4.79 Å². The van der Waals surface area contributed by atoms with Crippen LogP contribution in [0.25, 0.3) is 0 Å². The number of hydrogen-bond donors (Lipinski definition) is 2. The predicted octanol–water partition coefficient (Wildman–Crippen LogP) is 2.53. The summed E-state index contributed by atoms with van der Waals surface area (Å²) in [6, 6.07) is 6.18. The molecule has 1 atom stereocenters. The zero-order valence-electron chi connectivity index (χ0n) is 12.3. The summed E-state index contributed by atoms with van der Waals surface area (Å²) < 4.78 is 0. The number of amides is 1. The number of likely N-dealkylation sites (N-methyl/N-ethyl adjacent to an activating group) is 1. The predicted molar refractivity (Wildman–Crippen MR) is 82.1 cm³/mol. The smallest absolute Gasteiger partial charge is 0.246 e. The topological polar surface area (TPSA) is 44.4 Å². The highest BCUT2D eigenvalue weighted by Gasteiger charge is 2.30. The van der Waals surface area contributed by atoms with E-state index < -0.39 is 0 Å². The molecule has 0 saturated carbocycles. The molecule has 1 unspecified atom stereocenters. The molecule has 2 heterocycles. The van der Waals surface area contributed by atoms with Crippen LogP contribution in [0.15, 0.2) is 18.2 Å². The first kappa shape index (κ1) is 13.4. The monoisotopic (exact) mass is 273 g/mol. The lowest BCUT2D eigenvalue weighted by Crippen LogP contribution is -2.32. The van der Waals surface area contributed by atoms with E-state index in [0.717, 1.165) is 36.8 Å². The Hall–Kier alpha value is -1.55. The van der Waals surface area contributed by atoms with Gasteiger partial charge in [-0.1, -0.05) is 19.9 Å². The fraction of sp³-hybridized carbons (Fsp3) is 0.562. The van der Waals surface area contributed by atoms with E-state index in [2.05, 4.69) is 40.7 Å². The summed E-state index contributed by atoms with van der Waals surface area (Å²) in [7, 11) is 0. The van der Waals surface area contributed by atoms with Crippen LogP contribution >= 0.6 is 0 Å². The van der Waals surface area contributed by atoms with Crippen LogP contribution in [0.1, 0.15) is 38.3 Å². The fourth-order valence-electron chi connectivity index (χ4n) is 3.12. The number of carbonyl (C=O) groups excluding carboxylic acids is 1. The van der Waals surface area contributed by atoms with E-state index in [0.29, 0.717) is 0 Å². The maximum Gasteiger partial charge on any atom is 0.246 e. The molecule has 1 amide bonds. The standard InChI is InChI=1S/C16H23N3O/c1-3-17-15-13-5-4-12(10-14(13)18-16(15)20)19-8-6-11(2)7-9-19/h4-5,10-11,15,17H,3,6-9H2,1-2H3,(H,18,20). The van der Waals surface area contributed by atoms with Crippen molar-refractivity contribution in [1.82, 2.24) is 5.32 Å². The molecular formula is C16H23N3O. The van der Waals surface area contributed by atoms with Gasteiger partial charge in [0, 0.05) is 30.0 Å². The maximum atomic E-state index is 12.0. The molecule has 1 aromatic carbocycles.